The SMILES string of the molecule is COc1cccc(CN/C=C(/C#N)C(=O)NC2CCCCC2)c1. The van der Waals surface area contributed by atoms with E-state index in [1.807, 2.05) is 30.3 Å². The number of methoxy groups -OCH3 is 1. The van der Waals surface area contributed by atoms with Crippen LogP contribution < -0.4 is 15.4 Å². The van der Waals surface area contributed by atoms with E-state index >= 15 is 0 Å². The highest BCUT2D eigenvalue weighted by atomic mass is 16.5. The van der Waals surface area contributed by atoms with Gasteiger partial charge in [-0.2, -0.15) is 5.26 Å². The van der Waals surface area contributed by atoms with E-state index in [1.165, 1.54) is 12.6 Å². The molecular formula is C18H23N3O2. The van der Waals surface area contributed by atoms with Crippen molar-refractivity contribution in [2.24, 2.45) is 0 Å². The summed E-state index contributed by atoms with van der Waals surface area (Å²) in [7, 11) is 1.62. The Balaban J connectivity index is 1.87. The lowest BCUT2D eigenvalue weighted by Crippen LogP contribution is -2.37. The molecule has 0 aliphatic heterocycles. The normalized spacial score (nSPS) is 15.6. The van der Waals surface area contributed by atoms with Crippen molar-refractivity contribution in [3.63, 3.8) is 0 Å². The van der Waals surface area contributed by atoms with Crippen molar-refractivity contribution < 1.29 is 9.53 Å². The zero-order valence-corrected chi connectivity index (χ0v) is 13.5. The Kier molecular flexibility index (Phi) is 6.49. The lowest BCUT2D eigenvalue weighted by Gasteiger charge is -2.22. The molecule has 1 aliphatic rings. The first-order chi connectivity index (χ1) is 11.2. The van der Waals surface area contributed by atoms with Gasteiger partial charge in [0.1, 0.15) is 17.4 Å². The Morgan fingerprint density at radius 2 is 2.17 bits per heavy atom. The topological polar surface area (TPSA) is 74.1 Å². The Hall–Kier alpha value is -2.48. The molecule has 0 radical (unpaired) electrons. The van der Waals surface area contributed by atoms with Crippen LogP contribution in [-0.2, 0) is 11.3 Å². The first-order valence-electron chi connectivity index (χ1n) is 8.00. The smallest absolute Gasteiger partial charge is 0.263 e. The van der Waals surface area contributed by atoms with Crippen LogP contribution in [-0.4, -0.2) is 19.1 Å². The van der Waals surface area contributed by atoms with Gasteiger partial charge in [-0.25, -0.2) is 0 Å². The van der Waals surface area contributed by atoms with Crippen LogP contribution in [0, 0.1) is 11.3 Å². The minimum atomic E-state index is -0.294. The highest BCUT2D eigenvalue weighted by molar-refractivity contribution is 5.97. The van der Waals surface area contributed by atoms with Crippen LogP contribution in [0.1, 0.15) is 37.7 Å². The van der Waals surface area contributed by atoms with Gasteiger partial charge in [0.15, 0.2) is 0 Å². The van der Waals surface area contributed by atoms with Gasteiger partial charge in [-0.3, -0.25) is 4.79 Å². The van der Waals surface area contributed by atoms with Gasteiger partial charge in [0.2, 0.25) is 0 Å². The number of benzene rings is 1. The van der Waals surface area contributed by atoms with Crippen LogP contribution in [0.2, 0.25) is 0 Å². The minimum absolute atomic E-state index is 0.110. The van der Waals surface area contributed by atoms with Gasteiger partial charge in [0.05, 0.1) is 7.11 Å². The number of nitrogens with one attached hydrogen (secondary N) is 2. The number of amides is 1. The quantitative estimate of drug-likeness (QED) is 0.625. The second kappa shape index (κ2) is 8.84. The second-order valence-corrected chi connectivity index (χ2v) is 5.71. The fourth-order valence-electron chi connectivity index (χ4n) is 2.71. The van der Waals surface area contributed by atoms with Crippen LogP contribution >= 0.6 is 0 Å². The molecule has 1 fully saturated rings. The fourth-order valence-corrected chi connectivity index (χ4v) is 2.71. The summed E-state index contributed by atoms with van der Waals surface area (Å²) in [5.41, 5.74) is 1.13. The van der Waals surface area contributed by atoms with Gasteiger partial charge in [-0.1, -0.05) is 31.4 Å². The maximum Gasteiger partial charge on any atom is 0.263 e. The second-order valence-electron chi connectivity index (χ2n) is 5.71. The largest absolute Gasteiger partial charge is 0.497 e. The number of hydrogen-bond donors (Lipinski definition) is 2. The number of carbonyl (C=O) groups is 1. The number of rotatable bonds is 6. The molecule has 1 aliphatic carbocycles. The molecule has 5 nitrogen and oxygen atoms in total. The zero-order valence-electron chi connectivity index (χ0n) is 13.5. The molecule has 1 amide bonds. The van der Waals surface area contributed by atoms with Gasteiger partial charge in [-0.05, 0) is 30.5 Å². The molecule has 0 unspecified atom stereocenters. The fraction of sp³-hybridized carbons (Fsp3) is 0.444. The Morgan fingerprint density at radius 3 is 2.87 bits per heavy atom. The summed E-state index contributed by atoms with van der Waals surface area (Å²) in [6, 6.07) is 9.81. The molecule has 0 aromatic heterocycles. The highest BCUT2D eigenvalue weighted by Crippen LogP contribution is 2.17. The van der Waals surface area contributed by atoms with Crippen molar-refractivity contribution in [2.45, 2.75) is 44.7 Å². The van der Waals surface area contributed by atoms with Crippen LogP contribution in [0.25, 0.3) is 0 Å². The first kappa shape index (κ1) is 16.9. The summed E-state index contributed by atoms with van der Waals surface area (Å²) in [6.07, 6.45) is 7.01. The number of hydrogen-bond acceptors (Lipinski definition) is 4. The van der Waals surface area contributed by atoms with Crippen molar-refractivity contribution in [3.05, 3.63) is 41.6 Å². The van der Waals surface area contributed by atoms with Crippen LogP contribution in [0.3, 0.4) is 0 Å². The molecule has 1 aromatic rings. The summed E-state index contributed by atoms with van der Waals surface area (Å²) in [6.45, 7) is 0.527. The number of nitrogens with zero attached hydrogens (tertiary/aromatic N) is 1. The van der Waals surface area contributed by atoms with Gasteiger partial charge >= 0.3 is 0 Å². The van der Waals surface area contributed by atoms with E-state index in [9.17, 15) is 4.79 Å². The van der Waals surface area contributed by atoms with E-state index in [2.05, 4.69) is 10.6 Å². The third-order valence-corrected chi connectivity index (χ3v) is 3.99. The van der Waals surface area contributed by atoms with Crippen LogP contribution in [0.4, 0.5) is 0 Å². The molecule has 0 bridgehead atoms. The maximum absolute atomic E-state index is 12.1. The summed E-state index contributed by atoms with van der Waals surface area (Å²) in [4.78, 5) is 12.1. The van der Waals surface area contributed by atoms with E-state index in [4.69, 9.17) is 10.00 Å². The molecule has 23 heavy (non-hydrogen) atoms. The van der Waals surface area contributed by atoms with E-state index in [0.717, 1.165) is 37.0 Å². The summed E-state index contributed by atoms with van der Waals surface area (Å²) >= 11 is 0. The van der Waals surface area contributed by atoms with E-state index < -0.39 is 0 Å². The summed E-state index contributed by atoms with van der Waals surface area (Å²) < 4.78 is 5.17. The zero-order chi connectivity index (χ0) is 16.5. The molecule has 2 N–H and O–H groups in total. The van der Waals surface area contributed by atoms with E-state index in [1.54, 1.807) is 7.11 Å². The van der Waals surface area contributed by atoms with Crippen molar-refractivity contribution >= 4 is 5.91 Å². The molecule has 0 spiro atoms. The highest BCUT2D eigenvalue weighted by Gasteiger charge is 2.17. The van der Waals surface area contributed by atoms with Gasteiger partial charge in [0.25, 0.3) is 5.91 Å². The third-order valence-electron chi connectivity index (χ3n) is 3.99. The van der Waals surface area contributed by atoms with Gasteiger partial charge < -0.3 is 15.4 Å². The van der Waals surface area contributed by atoms with E-state index in [-0.39, 0.29) is 17.5 Å². The standard InChI is InChI=1S/C18H23N3O2/c1-23-17-9-5-6-14(10-17)12-20-13-15(11-19)18(22)21-16-7-3-2-4-8-16/h5-6,9-10,13,16,20H,2-4,7-8,12H2,1H3,(H,21,22)/b15-13-. The van der Waals surface area contributed by atoms with Crippen molar-refractivity contribution in [1.82, 2.24) is 10.6 Å². The molecule has 1 aromatic carbocycles. The molecule has 0 heterocycles. The molecular weight excluding hydrogens is 290 g/mol. The lowest BCUT2D eigenvalue weighted by molar-refractivity contribution is -0.118. The number of carbonyl (C=O) groups excluding carboxylic acids is 1. The molecule has 122 valence electrons. The summed E-state index contributed by atoms with van der Waals surface area (Å²) in [5.74, 6) is 0.487. The van der Waals surface area contributed by atoms with Crippen LogP contribution in [0.15, 0.2) is 36.0 Å². The lowest BCUT2D eigenvalue weighted by atomic mass is 9.95. The average Bonchev–Trinajstić information content (AvgIpc) is 2.59. The predicted octanol–water partition coefficient (Wildman–Crippen LogP) is 2.64. The Labute approximate surface area is 137 Å². The summed E-state index contributed by atoms with van der Waals surface area (Å²) in [5, 5.41) is 15.1. The molecule has 2 rings (SSSR count). The van der Waals surface area contributed by atoms with Gasteiger partial charge in [0, 0.05) is 18.8 Å². The Bertz CT molecular complexity index is 599. The van der Waals surface area contributed by atoms with Gasteiger partial charge in [-0.15, -0.1) is 0 Å². The molecule has 5 heteroatoms. The maximum atomic E-state index is 12.1. The van der Waals surface area contributed by atoms with Crippen LogP contribution in [0.5, 0.6) is 5.75 Å². The number of ether oxygens (including phenoxy) is 1. The molecule has 1 saturated carbocycles. The molecule has 0 saturated heterocycles. The monoisotopic (exact) mass is 313 g/mol. The molecule has 0 atom stereocenters. The number of nitriles is 1. The average molecular weight is 313 g/mol. The predicted molar refractivity (Wildman–Crippen MR) is 88.5 cm³/mol. The Morgan fingerprint density at radius 1 is 1.39 bits per heavy atom. The van der Waals surface area contributed by atoms with Crippen molar-refractivity contribution in [1.29, 1.82) is 5.26 Å². The van der Waals surface area contributed by atoms with E-state index in [0.29, 0.717) is 6.54 Å². The van der Waals surface area contributed by atoms with Crippen molar-refractivity contribution in [2.75, 3.05) is 7.11 Å². The first-order valence-corrected chi connectivity index (χ1v) is 8.00. The van der Waals surface area contributed by atoms with Crippen molar-refractivity contribution in [3.8, 4) is 11.8 Å². The minimum Gasteiger partial charge on any atom is -0.497 e. The third kappa shape index (κ3) is 5.33.